The number of carbonyl (C=O) groups is 1. The lowest BCUT2D eigenvalue weighted by Crippen LogP contribution is -2.04. The fourth-order valence-corrected chi connectivity index (χ4v) is 1.65. The van der Waals surface area contributed by atoms with E-state index in [0.717, 1.165) is 0 Å². The molecular weight excluding hydrogens is 273 g/mol. The summed E-state index contributed by atoms with van der Waals surface area (Å²) >= 11 is 5.89. The van der Waals surface area contributed by atoms with Gasteiger partial charge in [-0.15, -0.1) is 0 Å². The lowest BCUT2D eigenvalue weighted by molar-refractivity contribution is 0.0691. The van der Waals surface area contributed by atoms with Crippen LogP contribution >= 0.6 is 11.6 Å². The molecule has 0 amide bonds. The quantitative estimate of drug-likeness (QED) is 0.935. The summed E-state index contributed by atoms with van der Waals surface area (Å²) in [5.41, 5.74) is 0.421. The minimum atomic E-state index is -1.12. The van der Waals surface area contributed by atoms with Crippen LogP contribution in [0.25, 0.3) is 0 Å². The minimum Gasteiger partial charge on any atom is -0.486 e. The van der Waals surface area contributed by atoms with Gasteiger partial charge in [0, 0.05) is 16.8 Å². The number of carboxylic acids is 1. The van der Waals surface area contributed by atoms with Crippen molar-refractivity contribution in [2.24, 2.45) is 0 Å². The number of aromatic carboxylic acids is 1. The van der Waals surface area contributed by atoms with Gasteiger partial charge < -0.3 is 9.84 Å². The highest BCUT2D eigenvalue weighted by Crippen LogP contribution is 2.21. The molecule has 0 saturated carbocycles. The number of pyridine rings is 1. The van der Waals surface area contributed by atoms with Crippen molar-refractivity contribution in [2.45, 2.75) is 6.61 Å². The fraction of sp³-hybridized carbons (Fsp3) is 0.0769. The van der Waals surface area contributed by atoms with Crippen molar-refractivity contribution >= 4 is 17.6 Å². The Morgan fingerprint density at radius 1 is 1.42 bits per heavy atom. The van der Waals surface area contributed by atoms with E-state index in [9.17, 15) is 9.18 Å². The van der Waals surface area contributed by atoms with E-state index >= 15 is 0 Å². The molecular formula is C13H9ClFNO3. The Balaban J connectivity index is 2.19. The van der Waals surface area contributed by atoms with Gasteiger partial charge in [0.05, 0.1) is 6.20 Å². The van der Waals surface area contributed by atoms with Crippen molar-refractivity contribution in [1.29, 1.82) is 0 Å². The molecule has 19 heavy (non-hydrogen) atoms. The average Bonchev–Trinajstić information content (AvgIpc) is 2.40. The number of carboxylic acid groups (broad SMARTS) is 1. The highest BCUT2D eigenvalue weighted by atomic mass is 35.5. The second kappa shape index (κ2) is 5.67. The van der Waals surface area contributed by atoms with Gasteiger partial charge in [-0.05, 0) is 24.3 Å². The zero-order valence-electron chi connectivity index (χ0n) is 9.64. The largest absolute Gasteiger partial charge is 0.486 e. The third kappa shape index (κ3) is 3.20. The van der Waals surface area contributed by atoms with Crippen LogP contribution in [-0.2, 0) is 6.61 Å². The van der Waals surface area contributed by atoms with Gasteiger partial charge in [-0.1, -0.05) is 11.6 Å². The van der Waals surface area contributed by atoms with Crippen molar-refractivity contribution in [3.05, 3.63) is 58.6 Å². The molecule has 0 saturated heterocycles. The van der Waals surface area contributed by atoms with Crippen molar-refractivity contribution < 1.29 is 19.0 Å². The highest BCUT2D eigenvalue weighted by Gasteiger charge is 2.11. The average molecular weight is 282 g/mol. The van der Waals surface area contributed by atoms with Crippen molar-refractivity contribution in [1.82, 2.24) is 4.98 Å². The minimum absolute atomic E-state index is 0.0116. The third-order valence-corrected chi connectivity index (χ3v) is 2.77. The van der Waals surface area contributed by atoms with Crippen LogP contribution in [0.15, 0.2) is 36.7 Å². The Morgan fingerprint density at radius 2 is 2.21 bits per heavy atom. The molecule has 4 nitrogen and oxygen atoms in total. The number of hydrogen-bond acceptors (Lipinski definition) is 3. The first-order valence-corrected chi connectivity index (χ1v) is 5.70. The van der Waals surface area contributed by atoms with Gasteiger partial charge in [-0.3, -0.25) is 4.98 Å². The van der Waals surface area contributed by atoms with E-state index in [2.05, 4.69) is 4.98 Å². The lowest BCUT2D eigenvalue weighted by Gasteiger charge is -2.09. The van der Waals surface area contributed by atoms with Crippen molar-refractivity contribution in [3.8, 4) is 5.75 Å². The van der Waals surface area contributed by atoms with Crippen LogP contribution < -0.4 is 4.74 Å². The van der Waals surface area contributed by atoms with Crippen LogP contribution in [0.4, 0.5) is 4.39 Å². The molecule has 0 unspecified atom stereocenters. The molecule has 0 radical (unpaired) electrons. The normalized spacial score (nSPS) is 10.2. The molecule has 0 aliphatic carbocycles. The van der Waals surface area contributed by atoms with Crippen molar-refractivity contribution in [2.75, 3.05) is 0 Å². The smallest absolute Gasteiger partial charge is 0.339 e. The van der Waals surface area contributed by atoms with Crippen LogP contribution in [0.1, 0.15) is 15.9 Å². The van der Waals surface area contributed by atoms with Gasteiger partial charge in [-0.25, -0.2) is 9.18 Å². The second-order valence-electron chi connectivity index (χ2n) is 3.70. The van der Waals surface area contributed by atoms with Gasteiger partial charge >= 0.3 is 5.97 Å². The maximum Gasteiger partial charge on any atom is 0.339 e. The van der Waals surface area contributed by atoms with Gasteiger partial charge in [-0.2, -0.15) is 0 Å². The molecule has 1 aromatic heterocycles. The van der Waals surface area contributed by atoms with Gasteiger partial charge in [0.2, 0.25) is 0 Å². The molecule has 6 heteroatoms. The molecule has 1 N–H and O–H groups in total. The molecule has 2 rings (SSSR count). The summed E-state index contributed by atoms with van der Waals surface area (Å²) in [6.07, 6.45) is 2.64. The first-order chi connectivity index (χ1) is 9.08. The number of ether oxygens (including phenoxy) is 1. The Hall–Kier alpha value is -2.14. The standard InChI is InChI=1S/C13H9ClFNO3/c14-11-2-1-9(15)5-8(11)7-19-12-6-16-4-3-10(12)13(17)18/h1-6H,7H2,(H,17,18). The number of benzene rings is 1. The number of nitrogens with zero attached hydrogens (tertiary/aromatic N) is 1. The monoisotopic (exact) mass is 281 g/mol. The van der Waals surface area contributed by atoms with Crippen LogP contribution in [0.3, 0.4) is 0 Å². The van der Waals surface area contributed by atoms with E-state index in [1.165, 1.54) is 36.7 Å². The first kappa shape index (κ1) is 13.3. The summed E-state index contributed by atoms with van der Waals surface area (Å²) in [5.74, 6) is -1.45. The second-order valence-corrected chi connectivity index (χ2v) is 4.11. The van der Waals surface area contributed by atoms with E-state index in [1.54, 1.807) is 0 Å². The molecule has 1 aromatic carbocycles. The van der Waals surface area contributed by atoms with Gasteiger partial charge in [0.15, 0.2) is 5.75 Å². The lowest BCUT2D eigenvalue weighted by atomic mass is 10.2. The van der Waals surface area contributed by atoms with Crippen molar-refractivity contribution in [3.63, 3.8) is 0 Å². The summed E-state index contributed by atoms with van der Waals surface area (Å²) in [5, 5.41) is 9.32. The van der Waals surface area contributed by atoms with Gasteiger partial charge in [0.1, 0.15) is 18.0 Å². The topological polar surface area (TPSA) is 59.4 Å². The van der Waals surface area contributed by atoms with E-state index in [-0.39, 0.29) is 17.9 Å². The van der Waals surface area contributed by atoms with Crippen LogP contribution in [0.5, 0.6) is 5.75 Å². The molecule has 2 aromatic rings. The molecule has 0 aliphatic rings. The molecule has 0 spiro atoms. The fourth-order valence-electron chi connectivity index (χ4n) is 1.48. The Bertz CT molecular complexity index is 619. The van der Waals surface area contributed by atoms with Gasteiger partial charge in [0.25, 0.3) is 0 Å². The SMILES string of the molecule is O=C(O)c1ccncc1OCc1cc(F)ccc1Cl. The number of halogens is 2. The molecule has 0 atom stereocenters. The van der Waals surface area contributed by atoms with E-state index in [0.29, 0.717) is 10.6 Å². The first-order valence-electron chi connectivity index (χ1n) is 5.32. The molecule has 1 heterocycles. The predicted octanol–water partition coefficient (Wildman–Crippen LogP) is 3.15. The molecule has 0 aliphatic heterocycles. The third-order valence-electron chi connectivity index (χ3n) is 2.41. The van der Waals surface area contributed by atoms with E-state index in [1.807, 2.05) is 0 Å². The summed E-state index contributed by atoms with van der Waals surface area (Å²) in [6.45, 7) is -0.0391. The van der Waals surface area contributed by atoms with E-state index in [4.69, 9.17) is 21.4 Å². The Labute approximate surface area is 113 Å². The van der Waals surface area contributed by atoms with Crippen LogP contribution in [-0.4, -0.2) is 16.1 Å². The molecule has 0 fully saturated rings. The zero-order chi connectivity index (χ0) is 13.8. The summed E-state index contributed by atoms with van der Waals surface area (Å²) in [4.78, 5) is 14.7. The number of hydrogen-bond donors (Lipinski definition) is 1. The van der Waals surface area contributed by atoms with E-state index < -0.39 is 11.8 Å². The number of rotatable bonds is 4. The Morgan fingerprint density at radius 3 is 2.95 bits per heavy atom. The summed E-state index contributed by atoms with van der Waals surface area (Å²) < 4.78 is 18.4. The maximum absolute atomic E-state index is 13.1. The summed E-state index contributed by atoms with van der Waals surface area (Å²) in [7, 11) is 0. The zero-order valence-corrected chi connectivity index (χ0v) is 10.4. The summed E-state index contributed by atoms with van der Waals surface area (Å²) in [6, 6.07) is 5.21. The maximum atomic E-state index is 13.1. The molecule has 0 bridgehead atoms. The van der Waals surface area contributed by atoms with Crippen LogP contribution in [0.2, 0.25) is 5.02 Å². The van der Waals surface area contributed by atoms with Crippen LogP contribution in [0, 0.1) is 5.82 Å². The highest BCUT2D eigenvalue weighted by molar-refractivity contribution is 6.31. The predicted molar refractivity (Wildman–Crippen MR) is 66.9 cm³/mol. The molecule has 98 valence electrons. The Kier molecular flexibility index (Phi) is 3.97. The number of aromatic nitrogens is 1.